The predicted octanol–water partition coefficient (Wildman–Crippen LogP) is 7.41. The molecule has 0 unspecified atom stereocenters. The van der Waals surface area contributed by atoms with Crippen molar-refractivity contribution >= 4 is 62.3 Å². The quantitative estimate of drug-likeness (QED) is 0.231. The molecule has 230 valence electrons. The third-order valence-electron chi connectivity index (χ3n) is 7.78. The first-order chi connectivity index (χ1) is 20.5. The fourth-order valence-corrected chi connectivity index (χ4v) is 7.58. The molecule has 11 heteroatoms. The summed E-state index contributed by atoms with van der Waals surface area (Å²) in [6.45, 7) is 2.91. The van der Waals surface area contributed by atoms with Crippen molar-refractivity contribution in [3.63, 3.8) is 0 Å². The first-order valence-corrected chi connectivity index (χ1v) is 17.0. The van der Waals surface area contributed by atoms with Crippen LogP contribution in [0.15, 0.2) is 71.6 Å². The van der Waals surface area contributed by atoms with Crippen LogP contribution in [0.2, 0.25) is 15.1 Å². The maximum atomic E-state index is 14.3. The third-order valence-corrected chi connectivity index (χ3v) is 10.5. The molecule has 43 heavy (non-hydrogen) atoms. The zero-order valence-electron chi connectivity index (χ0n) is 24.2. The standard InChI is InChI=1S/C32H36Cl3N3O4S/c1-3-29(32(40)36-24-11-6-4-7-12-24)37(20-26-27(34)15-10-16-28(26)35)31(39)21-38(30-19-23(33)18-17-22(30)2)43(41,42)25-13-8-5-9-14-25/h5,8-10,13-19,24,29H,3-4,6-7,11-12,20-21H2,1-2H3,(H,36,40)/t29-/m0/s1. The summed E-state index contributed by atoms with van der Waals surface area (Å²) >= 11 is 19.3. The average Bonchev–Trinajstić information content (AvgIpc) is 2.99. The Morgan fingerprint density at radius 1 is 0.930 bits per heavy atom. The molecular weight excluding hydrogens is 629 g/mol. The second-order valence-electron chi connectivity index (χ2n) is 10.7. The lowest BCUT2D eigenvalue weighted by Crippen LogP contribution is -2.54. The van der Waals surface area contributed by atoms with Crippen molar-refractivity contribution in [3.8, 4) is 0 Å². The van der Waals surface area contributed by atoms with E-state index in [2.05, 4.69) is 5.32 Å². The molecule has 0 aromatic heterocycles. The molecule has 0 radical (unpaired) electrons. The van der Waals surface area contributed by atoms with E-state index in [0.29, 0.717) is 32.6 Å². The van der Waals surface area contributed by atoms with Crippen LogP contribution in [0.1, 0.15) is 56.6 Å². The van der Waals surface area contributed by atoms with Crippen molar-refractivity contribution < 1.29 is 18.0 Å². The average molecular weight is 665 g/mol. The summed E-state index contributed by atoms with van der Waals surface area (Å²) in [5.74, 6) is -0.872. The van der Waals surface area contributed by atoms with E-state index in [0.717, 1.165) is 36.4 Å². The van der Waals surface area contributed by atoms with E-state index in [1.807, 2.05) is 6.92 Å². The van der Waals surface area contributed by atoms with E-state index in [1.54, 1.807) is 55.5 Å². The Morgan fingerprint density at radius 2 is 1.58 bits per heavy atom. The van der Waals surface area contributed by atoms with Crippen molar-refractivity contribution in [1.82, 2.24) is 10.2 Å². The van der Waals surface area contributed by atoms with Crippen LogP contribution in [-0.4, -0.2) is 43.8 Å². The maximum Gasteiger partial charge on any atom is 0.264 e. The molecule has 1 atom stereocenters. The fraction of sp³-hybridized carbons (Fsp3) is 0.375. The van der Waals surface area contributed by atoms with Crippen molar-refractivity contribution in [3.05, 3.63) is 92.9 Å². The summed E-state index contributed by atoms with van der Waals surface area (Å²) in [5.41, 5.74) is 1.35. The van der Waals surface area contributed by atoms with Gasteiger partial charge in [-0.05, 0) is 68.1 Å². The van der Waals surface area contributed by atoms with Crippen LogP contribution < -0.4 is 9.62 Å². The van der Waals surface area contributed by atoms with Gasteiger partial charge in [-0.15, -0.1) is 0 Å². The molecule has 1 saturated carbocycles. The summed E-state index contributed by atoms with van der Waals surface area (Å²) in [5, 5.41) is 4.13. The minimum atomic E-state index is -4.21. The second kappa shape index (κ2) is 14.8. The molecule has 1 aliphatic rings. The van der Waals surface area contributed by atoms with Crippen molar-refractivity contribution in [2.75, 3.05) is 10.8 Å². The first-order valence-electron chi connectivity index (χ1n) is 14.4. The van der Waals surface area contributed by atoms with E-state index < -0.39 is 28.5 Å². The first kappa shape index (κ1) is 33.1. The Labute approximate surface area is 269 Å². The molecule has 1 fully saturated rings. The topological polar surface area (TPSA) is 86.8 Å². The van der Waals surface area contributed by atoms with Crippen LogP contribution in [0.3, 0.4) is 0 Å². The third kappa shape index (κ3) is 8.04. The molecule has 3 aromatic rings. The van der Waals surface area contributed by atoms with Crippen LogP contribution in [0.5, 0.6) is 0 Å². The Kier molecular flexibility index (Phi) is 11.4. The van der Waals surface area contributed by atoms with Crippen LogP contribution in [-0.2, 0) is 26.2 Å². The Hall–Kier alpha value is -2.78. The number of benzene rings is 3. The number of rotatable bonds is 11. The van der Waals surface area contributed by atoms with Gasteiger partial charge in [-0.25, -0.2) is 8.42 Å². The van der Waals surface area contributed by atoms with Gasteiger partial charge in [0.2, 0.25) is 11.8 Å². The number of hydrogen-bond donors (Lipinski definition) is 1. The Morgan fingerprint density at radius 3 is 2.21 bits per heavy atom. The van der Waals surface area contributed by atoms with Crippen LogP contribution in [0.25, 0.3) is 0 Å². The molecular formula is C32H36Cl3N3O4S. The lowest BCUT2D eigenvalue weighted by molar-refractivity contribution is -0.140. The number of amides is 2. The SMILES string of the molecule is CC[C@@H](C(=O)NC1CCCCC1)N(Cc1c(Cl)cccc1Cl)C(=O)CN(c1cc(Cl)ccc1C)S(=O)(=O)c1ccccc1. The number of anilines is 1. The van der Waals surface area contributed by atoms with Crippen molar-refractivity contribution in [1.29, 1.82) is 0 Å². The number of carbonyl (C=O) groups is 2. The number of sulfonamides is 1. The lowest BCUT2D eigenvalue weighted by Gasteiger charge is -2.35. The number of halogens is 3. The van der Waals surface area contributed by atoms with Crippen molar-refractivity contribution in [2.24, 2.45) is 0 Å². The van der Waals surface area contributed by atoms with E-state index >= 15 is 0 Å². The Balaban J connectivity index is 1.76. The molecule has 2 amide bonds. The zero-order valence-corrected chi connectivity index (χ0v) is 27.3. The van der Waals surface area contributed by atoms with Gasteiger partial charge < -0.3 is 10.2 Å². The van der Waals surface area contributed by atoms with Gasteiger partial charge in [0, 0.05) is 33.2 Å². The molecule has 3 aromatic carbocycles. The van der Waals surface area contributed by atoms with Gasteiger partial charge in [0.25, 0.3) is 10.0 Å². The highest BCUT2D eigenvalue weighted by Crippen LogP contribution is 2.31. The van der Waals surface area contributed by atoms with Gasteiger partial charge in [0.1, 0.15) is 12.6 Å². The number of aryl methyl sites for hydroxylation is 1. The summed E-state index contributed by atoms with van der Waals surface area (Å²) in [6.07, 6.45) is 5.25. The second-order valence-corrected chi connectivity index (χ2v) is 13.9. The lowest BCUT2D eigenvalue weighted by atomic mass is 9.95. The minimum Gasteiger partial charge on any atom is -0.352 e. The molecule has 7 nitrogen and oxygen atoms in total. The molecule has 0 aliphatic heterocycles. The minimum absolute atomic E-state index is 0.0185. The summed E-state index contributed by atoms with van der Waals surface area (Å²) in [4.78, 5) is 29.5. The van der Waals surface area contributed by atoms with E-state index in [1.165, 1.54) is 23.1 Å². The van der Waals surface area contributed by atoms with Crippen LogP contribution in [0.4, 0.5) is 5.69 Å². The molecule has 0 saturated heterocycles. The zero-order chi connectivity index (χ0) is 31.1. The Bertz CT molecular complexity index is 1530. The number of carbonyl (C=O) groups excluding carboxylic acids is 2. The fourth-order valence-electron chi connectivity index (χ4n) is 5.40. The van der Waals surface area contributed by atoms with Gasteiger partial charge in [0.15, 0.2) is 0 Å². The summed E-state index contributed by atoms with van der Waals surface area (Å²) in [6, 6.07) is 16.9. The highest BCUT2D eigenvalue weighted by atomic mass is 35.5. The highest BCUT2D eigenvalue weighted by Gasteiger charge is 2.35. The molecule has 0 spiro atoms. The van der Waals surface area contributed by atoms with E-state index in [9.17, 15) is 18.0 Å². The molecule has 0 bridgehead atoms. The number of nitrogens with one attached hydrogen (secondary N) is 1. The molecule has 4 rings (SSSR count). The smallest absolute Gasteiger partial charge is 0.264 e. The normalized spacial score (nSPS) is 14.6. The van der Waals surface area contributed by atoms with Gasteiger partial charge in [0.05, 0.1) is 10.6 Å². The van der Waals surface area contributed by atoms with Crippen LogP contribution in [0, 0.1) is 6.92 Å². The summed E-state index contributed by atoms with van der Waals surface area (Å²) in [7, 11) is -4.21. The summed E-state index contributed by atoms with van der Waals surface area (Å²) < 4.78 is 29.1. The van der Waals surface area contributed by atoms with Crippen molar-refractivity contribution in [2.45, 2.75) is 75.9 Å². The van der Waals surface area contributed by atoms with Gasteiger partial charge in [-0.2, -0.15) is 0 Å². The molecule has 1 aliphatic carbocycles. The molecule has 0 heterocycles. The maximum absolute atomic E-state index is 14.3. The number of hydrogen-bond acceptors (Lipinski definition) is 4. The van der Waals surface area contributed by atoms with Gasteiger partial charge in [-0.3, -0.25) is 13.9 Å². The number of nitrogens with zero attached hydrogens (tertiary/aromatic N) is 2. The largest absolute Gasteiger partial charge is 0.352 e. The van der Waals surface area contributed by atoms with Crippen LogP contribution >= 0.6 is 34.8 Å². The van der Waals surface area contributed by atoms with E-state index in [4.69, 9.17) is 34.8 Å². The van der Waals surface area contributed by atoms with Gasteiger partial charge in [-0.1, -0.05) is 91.3 Å². The highest BCUT2D eigenvalue weighted by molar-refractivity contribution is 7.92. The molecule has 1 N–H and O–H groups in total. The van der Waals surface area contributed by atoms with Gasteiger partial charge >= 0.3 is 0 Å². The predicted molar refractivity (Wildman–Crippen MR) is 173 cm³/mol. The monoisotopic (exact) mass is 663 g/mol. The van der Waals surface area contributed by atoms with E-state index in [-0.39, 0.29) is 29.1 Å².